The van der Waals surface area contributed by atoms with Crippen LogP contribution in [0, 0.1) is 6.92 Å². The summed E-state index contributed by atoms with van der Waals surface area (Å²) < 4.78 is 0.238. The monoisotopic (exact) mass is 293 g/mol. The van der Waals surface area contributed by atoms with Crippen LogP contribution in [0.15, 0.2) is 17.2 Å². The number of nitrogens with zero attached hydrogens (tertiary/aromatic N) is 3. The van der Waals surface area contributed by atoms with Crippen molar-refractivity contribution in [3.63, 3.8) is 0 Å². The van der Waals surface area contributed by atoms with Gasteiger partial charge in [-0.3, -0.25) is 0 Å². The minimum Gasteiger partial charge on any atom is -0.354 e. The maximum absolute atomic E-state index is 4.72. The molecule has 0 unspecified atom stereocenters. The van der Waals surface area contributed by atoms with Gasteiger partial charge >= 0.3 is 0 Å². The van der Waals surface area contributed by atoms with E-state index >= 15 is 0 Å². The van der Waals surface area contributed by atoms with E-state index < -0.39 is 0 Å². The Morgan fingerprint density at radius 1 is 1.20 bits per heavy atom. The zero-order valence-corrected chi connectivity index (χ0v) is 14.3. The van der Waals surface area contributed by atoms with Crippen LogP contribution in [0.3, 0.4) is 0 Å². The van der Waals surface area contributed by atoms with Crippen molar-refractivity contribution in [2.45, 2.75) is 44.3 Å². The Morgan fingerprint density at radius 2 is 1.85 bits per heavy atom. The van der Waals surface area contributed by atoms with Gasteiger partial charge in [-0.15, -0.1) is 11.8 Å². The molecule has 3 nitrogen and oxygen atoms in total. The first-order valence-corrected chi connectivity index (χ1v) is 8.33. The number of aryl methyl sites for hydroxylation is 1. The number of aromatic nitrogens is 1. The quantitative estimate of drug-likeness (QED) is 0.795. The van der Waals surface area contributed by atoms with Crippen LogP contribution in [-0.4, -0.2) is 47.4 Å². The smallest absolute Gasteiger partial charge is 0.131 e. The highest BCUT2D eigenvalue weighted by molar-refractivity contribution is 8.00. The molecule has 0 radical (unpaired) electrons. The Kier molecular flexibility index (Phi) is 4.97. The van der Waals surface area contributed by atoms with Crippen molar-refractivity contribution in [1.82, 2.24) is 9.88 Å². The molecule has 20 heavy (non-hydrogen) atoms. The van der Waals surface area contributed by atoms with Gasteiger partial charge in [-0.05, 0) is 25.1 Å². The van der Waals surface area contributed by atoms with Gasteiger partial charge in [0.25, 0.3) is 0 Å². The molecule has 2 rings (SSSR count). The van der Waals surface area contributed by atoms with Crippen LogP contribution in [0.1, 0.15) is 33.3 Å². The molecule has 1 aromatic rings. The third kappa shape index (κ3) is 4.13. The minimum absolute atomic E-state index is 0.238. The molecule has 1 aliphatic rings. The van der Waals surface area contributed by atoms with Crippen LogP contribution in [-0.2, 0) is 0 Å². The molecule has 1 aliphatic heterocycles. The van der Waals surface area contributed by atoms with Crippen LogP contribution >= 0.6 is 11.8 Å². The summed E-state index contributed by atoms with van der Waals surface area (Å²) in [6, 6.07) is 2.28. The number of hydrogen-bond acceptors (Lipinski definition) is 4. The molecule has 1 saturated heterocycles. The largest absolute Gasteiger partial charge is 0.354 e. The Bertz CT molecular complexity index is 446. The predicted octanol–water partition coefficient (Wildman–Crippen LogP) is 3.42. The third-order valence-corrected chi connectivity index (χ3v) is 4.64. The summed E-state index contributed by atoms with van der Waals surface area (Å²) in [6.45, 7) is 16.8. The number of rotatable bonds is 3. The lowest BCUT2D eigenvalue weighted by Crippen LogP contribution is -2.46. The van der Waals surface area contributed by atoms with Crippen LogP contribution in [0.2, 0.25) is 0 Å². The summed E-state index contributed by atoms with van der Waals surface area (Å²) in [5.41, 5.74) is 1.30. The Labute approximate surface area is 127 Å². The molecule has 0 amide bonds. The Balaban J connectivity index is 2.07. The van der Waals surface area contributed by atoms with Gasteiger partial charge in [-0.1, -0.05) is 27.7 Å². The van der Waals surface area contributed by atoms with Crippen LogP contribution in [0.5, 0.6) is 0 Å². The fourth-order valence-corrected chi connectivity index (χ4v) is 3.61. The van der Waals surface area contributed by atoms with Gasteiger partial charge in [-0.25, -0.2) is 4.98 Å². The van der Waals surface area contributed by atoms with Gasteiger partial charge in [0, 0.05) is 42.0 Å². The number of thioether (sulfide) groups is 1. The molecular formula is C16H27N3S. The normalized spacial score (nSPS) is 17.6. The van der Waals surface area contributed by atoms with Gasteiger partial charge in [0.2, 0.25) is 0 Å². The standard InChI is InChI=1S/C16H27N3S/c1-6-18-7-9-19(10-8-18)15-13(2)11-14(12-17-15)20-16(3,4)5/h11-12H,6-10H2,1-5H3. The summed E-state index contributed by atoms with van der Waals surface area (Å²) in [6.07, 6.45) is 2.03. The molecule has 0 atom stereocenters. The number of likely N-dealkylation sites (N-methyl/N-ethyl adjacent to an activating group) is 1. The lowest BCUT2D eigenvalue weighted by molar-refractivity contribution is 0.270. The maximum atomic E-state index is 4.72. The molecule has 0 saturated carbocycles. The molecule has 1 fully saturated rings. The van der Waals surface area contributed by atoms with Crippen molar-refractivity contribution in [3.05, 3.63) is 17.8 Å². The van der Waals surface area contributed by atoms with E-state index in [9.17, 15) is 0 Å². The number of pyridine rings is 1. The fourth-order valence-electron chi connectivity index (χ4n) is 2.56. The van der Waals surface area contributed by atoms with Gasteiger partial charge in [-0.2, -0.15) is 0 Å². The lowest BCUT2D eigenvalue weighted by atomic mass is 10.2. The van der Waals surface area contributed by atoms with Gasteiger partial charge in [0.15, 0.2) is 0 Å². The van der Waals surface area contributed by atoms with Crippen molar-refractivity contribution in [1.29, 1.82) is 0 Å². The van der Waals surface area contributed by atoms with Crippen LogP contribution in [0.4, 0.5) is 5.82 Å². The molecule has 0 aromatic carbocycles. The van der Waals surface area contributed by atoms with Gasteiger partial charge in [0.05, 0.1) is 0 Å². The van der Waals surface area contributed by atoms with Gasteiger partial charge in [0.1, 0.15) is 5.82 Å². The van der Waals surface area contributed by atoms with E-state index in [0.717, 1.165) is 32.7 Å². The summed E-state index contributed by atoms with van der Waals surface area (Å²) in [4.78, 5) is 10.9. The molecule has 0 N–H and O–H groups in total. The SMILES string of the molecule is CCN1CCN(c2ncc(SC(C)(C)C)cc2C)CC1. The highest BCUT2D eigenvalue weighted by Crippen LogP contribution is 2.33. The Morgan fingerprint density at radius 3 is 2.35 bits per heavy atom. The summed E-state index contributed by atoms with van der Waals surface area (Å²) in [7, 11) is 0. The van der Waals surface area contributed by atoms with E-state index in [1.165, 1.54) is 16.3 Å². The average molecular weight is 293 g/mol. The summed E-state index contributed by atoms with van der Waals surface area (Å²) >= 11 is 1.89. The third-order valence-electron chi connectivity index (χ3n) is 3.57. The van der Waals surface area contributed by atoms with E-state index in [1.807, 2.05) is 18.0 Å². The first kappa shape index (κ1) is 15.6. The molecule has 0 aliphatic carbocycles. The molecule has 112 valence electrons. The minimum atomic E-state index is 0.238. The lowest BCUT2D eigenvalue weighted by Gasteiger charge is -2.35. The summed E-state index contributed by atoms with van der Waals surface area (Å²) in [5, 5.41) is 0. The first-order chi connectivity index (χ1) is 9.39. The van der Waals surface area contributed by atoms with E-state index in [2.05, 4.69) is 50.5 Å². The Hall–Kier alpha value is -0.740. The van der Waals surface area contributed by atoms with Crippen LogP contribution < -0.4 is 4.90 Å². The van der Waals surface area contributed by atoms with Crippen molar-refractivity contribution < 1.29 is 0 Å². The molecular weight excluding hydrogens is 266 g/mol. The topological polar surface area (TPSA) is 19.4 Å². The van der Waals surface area contributed by atoms with Crippen molar-refractivity contribution in [3.8, 4) is 0 Å². The van der Waals surface area contributed by atoms with Crippen molar-refractivity contribution in [2.24, 2.45) is 0 Å². The maximum Gasteiger partial charge on any atom is 0.131 e. The van der Waals surface area contributed by atoms with E-state index in [-0.39, 0.29) is 4.75 Å². The zero-order valence-electron chi connectivity index (χ0n) is 13.4. The average Bonchev–Trinajstić information content (AvgIpc) is 2.37. The van der Waals surface area contributed by atoms with E-state index in [1.54, 1.807) is 0 Å². The molecule has 1 aromatic heterocycles. The van der Waals surface area contributed by atoms with E-state index in [4.69, 9.17) is 4.98 Å². The second-order valence-corrected chi connectivity index (χ2v) is 8.35. The van der Waals surface area contributed by atoms with Crippen molar-refractivity contribution in [2.75, 3.05) is 37.6 Å². The van der Waals surface area contributed by atoms with E-state index in [0.29, 0.717) is 0 Å². The number of hydrogen-bond donors (Lipinski definition) is 0. The summed E-state index contributed by atoms with van der Waals surface area (Å²) in [5.74, 6) is 1.17. The number of piperazine rings is 1. The first-order valence-electron chi connectivity index (χ1n) is 7.52. The van der Waals surface area contributed by atoms with Crippen LogP contribution in [0.25, 0.3) is 0 Å². The molecule has 0 bridgehead atoms. The second-order valence-electron chi connectivity index (χ2n) is 6.45. The second kappa shape index (κ2) is 6.35. The fraction of sp³-hybridized carbons (Fsp3) is 0.688. The molecule has 2 heterocycles. The van der Waals surface area contributed by atoms with Gasteiger partial charge < -0.3 is 9.80 Å². The zero-order chi connectivity index (χ0) is 14.8. The van der Waals surface area contributed by atoms with Crippen molar-refractivity contribution >= 4 is 17.6 Å². The molecule has 0 spiro atoms. The highest BCUT2D eigenvalue weighted by Gasteiger charge is 2.19. The highest BCUT2D eigenvalue weighted by atomic mass is 32.2. The molecule has 4 heteroatoms. The number of anilines is 1. The predicted molar refractivity (Wildman–Crippen MR) is 88.9 cm³/mol.